The summed E-state index contributed by atoms with van der Waals surface area (Å²) < 4.78 is 5.04. The maximum Gasteiger partial charge on any atom is 0.0669 e. The third-order valence-electron chi connectivity index (χ3n) is 2.23. The number of likely N-dealkylation sites (tertiary alicyclic amines) is 1. The third-order valence-corrected chi connectivity index (χ3v) is 2.23. The monoisotopic (exact) mass is 154 g/mol. The Balaban J connectivity index is 2.40. The highest BCUT2D eigenvalue weighted by Crippen LogP contribution is 2.20. The van der Waals surface area contributed by atoms with Gasteiger partial charge in [0.25, 0.3) is 0 Å². The molecule has 0 aliphatic carbocycles. The van der Waals surface area contributed by atoms with Crippen molar-refractivity contribution >= 4 is 0 Å². The second-order valence-electron chi connectivity index (χ2n) is 3.11. The normalized spacial score (nSPS) is 32.1. The molecule has 62 valence electrons. The fraction of sp³-hybridized carbons (Fsp3) is 0.875. The van der Waals surface area contributed by atoms with Gasteiger partial charge in [0.15, 0.2) is 0 Å². The molecule has 1 heterocycles. The molecule has 0 radical (unpaired) electrons. The number of ether oxygens (including phenoxy) is 1. The van der Waals surface area contributed by atoms with Crippen molar-refractivity contribution in [3.63, 3.8) is 0 Å². The van der Waals surface area contributed by atoms with Crippen LogP contribution in [0.25, 0.3) is 0 Å². The lowest BCUT2D eigenvalue weighted by Gasteiger charge is -2.17. The zero-order valence-electron chi connectivity index (χ0n) is 7.08. The van der Waals surface area contributed by atoms with Crippen LogP contribution in [0, 0.1) is 17.2 Å². The number of methoxy groups -OCH3 is 1. The molecule has 0 saturated carbocycles. The summed E-state index contributed by atoms with van der Waals surface area (Å²) in [7, 11) is 3.74. The van der Waals surface area contributed by atoms with Gasteiger partial charge in [-0.25, -0.2) is 0 Å². The average Bonchev–Trinajstić information content (AvgIpc) is 2.33. The molecule has 1 fully saturated rings. The molecule has 0 bridgehead atoms. The summed E-state index contributed by atoms with van der Waals surface area (Å²) in [6.45, 7) is 1.64. The Bertz CT molecular complexity index is 164. The van der Waals surface area contributed by atoms with Crippen molar-refractivity contribution < 1.29 is 4.74 Å². The molecule has 0 N–H and O–H groups in total. The summed E-state index contributed by atoms with van der Waals surface area (Å²) in [4.78, 5) is 2.19. The van der Waals surface area contributed by atoms with Gasteiger partial charge in [-0.05, 0) is 13.5 Å². The maximum absolute atomic E-state index is 8.65. The first kappa shape index (κ1) is 8.51. The fourth-order valence-corrected chi connectivity index (χ4v) is 1.56. The zero-order chi connectivity index (χ0) is 8.27. The molecular formula is C8H14N2O. The number of hydrogen-bond donors (Lipinski definition) is 0. The number of nitrogens with zero attached hydrogens (tertiary/aromatic N) is 2. The van der Waals surface area contributed by atoms with E-state index in [2.05, 4.69) is 11.0 Å². The van der Waals surface area contributed by atoms with Crippen molar-refractivity contribution in [2.75, 3.05) is 27.3 Å². The van der Waals surface area contributed by atoms with Gasteiger partial charge >= 0.3 is 0 Å². The van der Waals surface area contributed by atoms with Gasteiger partial charge in [0.2, 0.25) is 0 Å². The van der Waals surface area contributed by atoms with Crippen LogP contribution in [-0.2, 0) is 4.74 Å². The van der Waals surface area contributed by atoms with Gasteiger partial charge < -0.3 is 4.74 Å². The molecule has 3 heteroatoms. The predicted octanol–water partition coefficient (Wildman–Crippen LogP) is 0.477. The van der Waals surface area contributed by atoms with E-state index in [-0.39, 0.29) is 5.92 Å². The zero-order valence-corrected chi connectivity index (χ0v) is 7.08. The molecule has 0 amide bonds. The highest BCUT2D eigenvalue weighted by Gasteiger charge is 2.28. The quantitative estimate of drug-likeness (QED) is 0.580. The molecule has 1 aliphatic rings. The average molecular weight is 154 g/mol. The standard InChI is InChI=1S/C8H14N2O/c1-10-5-7(4-9)3-8(10)6-11-2/h7-8H,3,5-6H2,1-2H3. The summed E-state index contributed by atoms with van der Waals surface area (Å²) in [5.74, 6) is 0.208. The largest absolute Gasteiger partial charge is 0.383 e. The van der Waals surface area contributed by atoms with Crippen LogP contribution in [0.1, 0.15) is 6.42 Å². The van der Waals surface area contributed by atoms with Gasteiger partial charge in [0, 0.05) is 19.7 Å². The molecule has 2 unspecified atom stereocenters. The predicted molar refractivity (Wildman–Crippen MR) is 42.0 cm³/mol. The van der Waals surface area contributed by atoms with Crippen LogP contribution >= 0.6 is 0 Å². The summed E-state index contributed by atoms with van der Waals surface area (Å²) in [5, 5.41) is 8.65. The lowest BCUT2D eigenvalue weighted by Crippen LogP contribution is -2.28. The van der Waals surface area contributed by atoms with E-state index in [1.54, 1.807) is 7.11 Å². The molecule has 0 aromatic heterocycles. The first-order valence-corrected chi connectivity index (χ1v) is 3.86. The van der Waals surface area contributed by atoms with E-state index in [0.29, 0.717) is 6.04 Å². The third kappa shape index (κ3) is 1.92. The Hall–Kier alpha value is -0.590. The number of nitriles is 1. The van der Waals surface area contributed by atoms with Crippen molar-refractivity contribution in [2.24, 2.45) is 5.92 Å². The maximum atomic E-state index is 8.65. The minimum Gasteiger partial charge on any atom is -0.383 e. The number of likely N-dealkylation sites (N-methyl/N-ethyl adjacent to an activating group) is 1. The molecule has 0 spiro atoms. The fourth-order valence-electron chi connectivity index (χ4n) is 1.56. The molecule has 1 rings (SSSR count). The number of rotatable bonds is 2. The Morgan fingerprint density at radius 1 is 1.73 bits per heavy atom. The van der Waals surface area contributed by atoms with Crippen LogP contribution in [0.3, 0.4) is 0 Å². The Labute approximate surface area is 67.6 Å². The highest BCUT2D eigenvalue weighted by molar-refractivity contribution is 4.94. The van der Waals surface area contributed by atoms with Crippen molar-refractivity contribution in [2.45, 2.75) is 12.5 Å². The SMILES string of the molecule is COCC1CC(C#N)CN1C. The molecular weight excluding hydrogens is 140 g/mol. The van der Waals surface area contributed by atoms with Crippen LogP contribution in [0.5, 0.6) is 0 Å². The van der Waals surface area contributed by atoms with Gasteiger partial charge in [0.05, 0.1) is 18.6 Å². The second-order valence-corrected chi connectivity index (χ2v) is 3.11. The lowest BCUT2D eigenvalue weighted by molar-refractivity contribution is 0.129. The summed E-state index contributed by atoms with van der Waals surface area (Å²) >= 11 is 0. The summed E-state index contributed by atoms with van der Waals surface area (Å²) in [5.41, 5.74) is 0. The van der Waals surface area contributed by atoms with Crippen molar-refractivity contribution in [1.29, 1.82) is 5.26 Å². The summed E-state index contributed by atoms with van der Waals surface area (Å²) in [6.07, 6.45) is 0.959. The Morgan fingerprint density at radius 2 is 2.45 bits per heavy atom. The molecule has 1 saturated heterocycles. The first-order valence-electron chi connectivity index (χ1n) is 3.86. The van der Waals surface area contributed by atoms with Gasteiger partial charge in [-0.1, -0.05) is 0 Å². The number of hydrogen-bond acceptors (Lipinski definition) is 3. The molecule has 0 aromatic carbocycles. The van der Waals surface area contributed by atoms with Crippen molar-refractivity contribution in [3.8, 4) is 6.07 Å². The molecule has 2 atom stereocenters. The van der Waals surface area contributed by atoms with E-state index >= 15 is 0 Å². The van der Waals surface area contributed by atoms with E-state index < -0.39 is 0 Å². The smallest absolute Gasteiger partial charge is 0.0669 e. The summed E-state index contributed by atoms with van der Waals surface area (Å²) in [6, 6.07) is 2.73. The van der Waals surface area contributed by atoms with Crippen molar-refractivity contribution in [3.05, 3.63) is 0 Å². The van der Waals surface area contributed by atoms with Crippen LogP contribution in [0.2, 0.25) is 0 Å². The second kappa shape index (κ2) is 3.70. The van der Waals surface area contributed by atoms with Gasteiger partial charge in [-0.15, -0.1) is 0 Å². The van der Waals surface area contributed by atoms with Crippen LogP contribution in [-0.4, -0.2) is 38.3 Å². The Morgan fingerprint density at radius 3 is 2.91 bits per heavy atom. The van der Waals surface area contributed by atoms with Crippen LogP contribution in [0.15, 0.2) is 0 Å². The highest BCUT2D eigenvalue weighted by atomic mass is 16.5. The minimum absolute atomic E-state index is 0.208. The van der Waals surface area contributed by atoms with Gasteiger partial charge in [-0.3, -0.25) is 4.90 Å². The molecule has 0 aromatic rings. The molecule has 1 aliphatic heterocycles. The first-order chi connectivity index (χ1) is 5.27. The lowest BCUT2D eigenvalue weighted by atomic mass is 10.1. The minimum atomic E-state index is 0.208. The van der Waals surface area contributed by atoms with E-state index in [0.717, 1.165) is 19.6 Å². The molecule has 11 heavy (non-hydrogen) atoms. The van der Waals surface area contributed by atoms with Gasteiger partial charge in [0.1, 0.15) is 0 Å². The van der Waals surface area contributed by atoms with E-state index in [4.69, 9.17) is 10.00 Å². The molecule has 3 nitrogen and oxygen atoms in total. The van der Waals surface area contributed by atoms with E-state index in [9.17, 15) is 0 Å². The topological polar surface area (TPSA) is 36.3 Å². The van der Waals surface area contributed by atoms with Crippen LogP contribution < -0.4 is 0 Å². The van der Waals surface area contributed by atoms with E-state index in [1.807, 2.05) is 7.05 Å². The van der Waals surface area contributed by atoms with Crippen LogP contribution in [0.4, 0.5) is 0 Å². The van der Waals surface area contributed by atoms with Gasteiger partial charge in [-0.2, -0.15) is 5.26 Å². The van der Waals surface area contributed by atoms with E-state index in [1.165, 1.54) is 0 Å². The van der Waals surface area contributed by atoms with Crippen molar-refractivity contribution in [1.82, 2.24) is 4.90 Å². The Kier molecular flexibility index (Phi) is 2.86.